The molecular formula is C16H30N2O. The lowest BCUT2D eigenvalue weighted by Crippen LogP contribution is -2.46. The smallest absolute Gasteiger partial charge is 0.224 e. The van der Waals surface area contributed by atoms with Gasteiger partial charge in [0.2, 0.25) is 5.91 Å². The number of rotatable bonds is 3. The minimum Gasteiger partial charge on any atom is -0.353 e. The number of carbonyl (C=O) groups is 1. The van der Waals surface area contributed by atoms with Crippen LogP contribution in [0.15, 0.2) is 0 Å². The molecule has 2 fully saturated rings. The van der Waals surface area contributed by atoms with Crippen LogP contribution < -0.4 is 11.1 Å². The molecule has 0 aromatic carbocycles. The third-order valence-corrected chi connectivity index (χ3v) is 5.13. The number of carbonyl (C=O) groups excluding carboxylic acids is 1. The van der Waals surface area contributed by atoms with Crippen LogP contribution in [-0.2, 0) is 4.79 Å². The van der Waals surface area contributed by atoms with Gasteiger partial charge in [-0.25, -0.2) is 0 Å². The topological polar surface area (TPSA) is 55.1 Å². The minimum atomic E-state index is 0.0496. The van der Waals surface area contributed by atoms with E-state index in [1.165, 1.54) is 44.9 Å². The van der Waals surface area contributed by atoms with Gasteiger partial charge < -0.3 is 11.1 Å². The normalized spacial score (nSPS) is 31.5. The van der Waals surface area contributed by atoms with E-state index in [4.69, 9.17) is 5.73 Å². The summed E-state index contributed by atoms with van der Waals surface area (Å²) in [5, 5.41) is 3.26. The van der Waals surface area contributed by atoms with Crippen LogP contribution in [0.3, 0.4) is 0 Å². The van der Waals surface area contributed by atoms with Gasteiger partial charge in [0.25, 0.3) is 0 Å². The standard InChI is InChI=1S/C16H30N2O/c1-12(13-8-4-2-5-9-13)18-16(19)14-10-6-3-7-11-15(14)17/h12-15H,2-11,17H2,1H3,(H,18,19)/t12-,14?,15?/m0/s1. The molecule has 0 aromatic rings. The predicted molar refractivity (Wildman–Crippen MR) is 78.7 cm³/mol. The summed E-state index contributed by atoms with van der Waals surface area (Å²) in [4.78, 5) is 12.4. The van der Waals surface area contributed by atoms with Crippen molar-refractivity contribution in [1.29, 1.82) is 0 Å². The first kappa shape index (κ1) is 14.8. The van der Waals surface area contributed by atoms with Gasteiger partial charge in [-0.1, -0.05) is 38.5 Å². The third-order valence-electron chi connectivity index (χ3n) is 5.13. The molecule has 3 nitrogen and oxygen atoms in total. The molecule has 3 atom stereocenters. The van der Waals surface area contributed by atoms with E-state index < -0.39 is 0 Å². The first-order chi connectivity index (χ1) is 9.18. The molecule has 2 aliphatic rings. The molecule has 3 heteroatoms. The maximum absolute atomic E-state index is 12.4. The van der Waals surface area contributed by atoms with E-state index in [0.717, 1.165) is 19.3 Å². The molecule has 0 spiro atoms. The van der Waals surface area contributed by atoms with Crippen LogP contribution in [0, 0.1) is 11.8 Å². The van der Waals surface area contributed by atoms with E-state index in [0.29, 0.717) is 12.0 Å². The van der Waals surface area contributed by atoms with Crippen LogP contribution in [0.5, 0.6) is 0 Å². The summed E-state index contributed by atoms with van der Waals surface area (Å²) in [6.07, 6.45) is 12.1. The van der Waals surface area contributed by atoms with Gasteiger partial charge in [-0.2, -0.15) is 0 Å². The van der Waals surface area contributed by atoms with E-state index in [1.54, 1.807) is 0 Å². The second-order valence-electron chi connectivity index (χ2n) is 6.60. The second kappa shape index (κ2) is 7.28. The first-order valence-electron chi connectivity index (χ1n) is 8.24. The average Bonchev–Trinajstić information content (AvgIpc) is 2.64. The van der Waals surface area contributed by atoms with Crippen LogP contribution in [0.4, 0.5) is 0 Å². The largest absolute Gasteiger partial charge is 0.353 e. The summed E-state index contributed by atoms with van der Waals surface area (Å²) >= 11 is 0. The summed E-state index contributed by atoms with van der Waals surface area (Å²) in [5.74, 6) is 0.945. The number of nitrogens with two attached hydrogens (primary N) is 1. The van der Waals surface area contributed by atoms with Gasteiger partial charge in [0, 0.05) is 12.1 Å². The van der Waals surface area contributed by atoms with Crippen molar-refractivity contribution >= 4 is 5.91 Å². The van der Waals surface area contributed by atoms with Gasteiger partial charge in [0.05, 0.1) is 5.92 Å². The fourth-order valence-electron chi connectivity index (χ4n) is 3.75. The number of nitrogens with one attached hydrogen (secondary N) is 1. The van der Waals surface area contributed by atoms with Gasteiger partial charge >= 0.3 is 0 Å². The lowest BCUT2D eigenvalue weighted by atomic mass is 9.84. The first-order valence-corrected chi connectivity index (χ1v) is 8.24. The number of hydrogen-bond donors (Lipinski definition) is 2. The molecule has 0 aromatic heterocycles. The van der Waals surface area contributed by atoms with E-state index in [2.05, 4.69) is 12.2 Å². The van der Waals surface area contributed by atoms with Gasteiger partial charge in [0.1, 0.15) is 0 Å². The van der Waals surface area contributed by atoms with Crippen molar-refractivity contribution in [3.05, 3.63) is 0 Å². The molecular weight excluding hydrogens is 236 g/mol. The highest BCUT2D eigenvalue weighted by Gasteiger charge is 2.29. The van der Waals surface area contributed by atoms with E-state index in [-0.39, 0.29) is 17.9 Å². The Morgan fingerprint density at radius 3 is 2.26 bits per heavy atom. The van der Waals surface area contributed by atoms with Crippen molar-refractivity contribution in [2.75, 3.05) is 0 Å². The second-order valence-corrected chi connectivity index (χ2v) is 6.60. The summed E-state index contributed by atoms with van der Waals surface area (Å²) < 4.78 is 0. The van der Waals surface area contributed by atoms with Crippen LogP contribution in [0.2, 0.25) is 0 Å². The summed E-state index contributed by atoms with van der Waals surface area (Å²) in [5.41, 5.74) is 6.17. The summed E-state index contributed by atoms with van der Waals surface area (Å²) in [7, 11) is 0. The molecule has 19 heavy (non-hydrogen) atoms. The minimum absolute atomic E-state index is 0.0496. The SMILES string of the molecule is C[C@H](NC(=O)C1CCCCCC1N)C1CCCCC1. The van der Waals surface area contributed by atoms with Gasteiger partial charge in [-0.3, -0.25) is 4.79 Å². The van der Waals surface area contributed by atoms with Gasteiger partial charge in [0.15, 0.2) is 0 Å². The third kappa shape index (κ3) is 4.20. The molecule has 2 aliphatic carbocycles. The predicted octanol–water partition coefficient (Wildman–Crippen LogP) is 2.98. The van der Waals surface area contributed by atoms with Crippen molar-refractivity contribution in [2.45, 2.75) is 83.2 Å². The lowest BCUT2D eigenvalue weighted by Gasteiger charge is -2.30. The summed E-state index contributed by atoms with van der Waals surface area (Å²) in [6.45, 7) is 2.18. The molecule has 3 N–H and O–H groups in total. The Kier molecular flexibility index (Phi) is 5.68. The molecule has 0 saturated heterocycles. The molecule has 110 valence electrons. The highest BCUT2D eigenvalue weighted by atomic mass is 16.2. The maximum Gasteiger partial charge on any atom is 0.224 e. The molecule has 2 unspecified atom stereocenters. The Bertz CT molecular complexity index is 286. The molecule has 0 aliphatic heterocycles. The molecule has 0 radical (unpaired) electrons. The van der Waals surface area contributed by atoms with Crippen LogP contribution in [0.1, 0.15) is 71.1 Å². The van der Waals surface area contributed by atoms with Gasteiger partial charge in [-0.15, -0.1) is 0 Å². The molecule has 0 bridgehead atoms. The zero-order valence-corrected chi connectivity index (χ0v) is 12.4. The zero-order chi connectivity index (χ0) is 13.7. The zero-order valence-electron chi connectivity index (χ0n) is 12.4. The fraction of sp³-hybridized carbons (Fsp3) is 0.938. The Hall–Kier alpha value is -0.570. The maximum atomic E-state index is 12.4. The van der Waals surface area contributed by atoms with Gasteiger partial charge in [-0.05, 0) is 38.5 Å². The quantitative estimate of drug-likeness (QED) is 0.772. The molecule has 2 rings (SSSR count). The van der Waals surface area contributed by atoms with Crippen molar-refractivity contribution in [3.8, 4) is 0 Å². The van der Waals surface area contributed by atoms with E-state index >= 15 is 0 Å². The lowest BCUT2D eigenvalue weighted by molar-refractivity contribution is -0.126. The number of hydrogen-bond acceptors (Lipinski definition) is 2. The van der Waals surface area contributed by atoms with E-state index in [9.17, 15) is 4.79 Å². The number of amides is 1. The van der Waals surface area contributed by atoms with Crippen LogP contribution in [-0.4, -0.2) is 18.0 Å². The fourth-order valence-corrected chi connectivity index (χ4v) is 3.75. The highest BCUT2D eigenvalue weighted by Crippen LogP contribution is 2.27. The molecule has 2 saturated carbocycles. The van der Waals surface area contributed by atoms with Crippen molar-refractivity contribution < 1.29 is 4.79 Å². The van der Waals surface area contributed by atoms with Crippen molar-refractivity contribution in [1.82, 2.24) is 5.32 Å². The molecule has 1 amide bonds. The Morgan fingerprint density at radius 1 is 1.00 bits per heavy atom. The average molecular weight is 266 g/mol. The van der Waals surface area contributed by atoms with Crippen molar-refractivity contribution in [3.63, 3.8) is 0 Å². The van der Waals surface area contributed by atoms with Crippen molar-refractivity contribution in [2.24, 2.45) is 17.6 Å². The Balaban J connectivity index is 1.84. The van der Waals surface area contributed by atoms with Crippen LogP contribution >= 0.6 is 0 Å². The van der Waals surface area contributed by atoms with Crippen LogP contribution in [0.25, 0.3) is 0 Å². The summed E-state index contributed by atoms with van der Waals surface area (Å²) in [6, 6.07) is 0.393. The highest BCUT2D eigenvalue weighted by molar-refractivity contribution is 5.79. The van der Waals surface area contributed by atoms with E-state index in [1.807, 2.05) is 0 Å². The Labute approximate surface area is 117 Å². The Morgan fingerprint density at radius 2 is 1.58 bits per heavy atom. The monoisotopic (exact) mass is 266 g/mol. The molecule has 0 heterocycles.